The molecule has 0 aromatic heterocycles. The van der Waals surface area contributed by atoms with E-state index in [4.69, 9.17) is 0 Å². The maximum absolute atomic E-state index is 12.0. The Morgan fingerprint density at radius 2 is 1.76 bits per heavy atom. The standard InChI is InChI=1S/C22H32N4O3/c27-20(10-5-13-23-22(29)26-18-7-2-1-3-8-18)24-15-16-6-4-9-19(14-16)25-21(28)17-11-12-17/h4,6,9,14,17-18H,1-3,5,7-8,10-13,15H2,(H,24,27)(H,25,28)(H2,23,26,29). The molecule has 2 aliphatic carbocycles. The topological polar surface area (TPSA) is 99.3 Å². The summed E-state index contributed by atoms with van der Waals surface area (Å²) in [5.74, 6) is 0.190. The van der Waals surface area contributed by atoms with Crippen molar-refractivity contribution in [2.24, 2.45) is 5.92 Å². The molecule has 29 heavy (non-hydrogen) atoms. The van der Waals surface area contributed by atoms with Crippen LogP contribution in [0.3, 0.4) is 0 Å². The Morgan fingerprint density at radius 3 is 2.52 bits per heavy atom. The van der Waals surface area contributed by atoms with E-state index in [1.54, 1.807) is 0 Å². The third kappa shape index (κ3) is 7.75. The van der Waals surface area contributed by atoms with E-state index < -0.39 is 0 Å². The number of carbonyl (C=O) groups is 3. The van der Waals surface area contributed by atoms with Gasteiger partial charge in [-0.3, -0.25) is 9.59 Å². The van der Waals surface area contributed by atoms with Crippen LogP contribution >= 0.6 is 0 Å². The molecule has 158 valence electrons. The molecule has 2 saturated carbocycles. The minimum absolute atomic E-state index is 0.0492. The number of nitrogens with one attached hydrogen (secondary N) is 4. The van der Waals surface area contributed by atoms with Crippen molar-refractivity contribution in [1.82, 2.24) is 16.0 Å². The fourth-order valence-corrected chi connectivity index (χ4v) is 3.57. The fourth-order valence-electron chi connectivity index (χ4n) is 3.57. The molecule has 0 aliphatic heterocycles. The van der Waals surface area contributed by atoms with Crippen LogP contribution in [0, 0.1) is 5.92 Å². The predicted molar refractivity (Wildman–Crippen MR) is 112 cm³/mol. The molecule has 0 bridgehead atoms. The fraction of sp³-hybridized carbons (Fsp3) is 0.591. The first-order valence-electron chi connectivity index (χ1n) is 10.8. The number of benzene rings is 1. The van der Waals surface area contributed by atoms with Crippen LogP contribution in [-0.2, 0) is 16.1 Å². The molecule has 3 rings (SSSR count). The Labute approximate surface area is 172 Å². The van der Waals surface area contributed by atoms with E-state index in [-0.39, 0.29) is 29.8 Å². The van der Waals surface area contributed by atoms with Crippen LogP contribution in [0.4, 0.5) is 10.5 Å². The smallest absolute Gasteiger partial charge is 0.315 e. The largest absolute Gasteiger partial charge is 0.352 e. The maximum atomic E-state index is 12.0. The number of urea groups is 1. The SMILES string of the molecule is O=C(CCCNC(=O)NC1CCCCC1)NCc1cccc(NC(=O)C2CC2)c1. The number of rotatable bonds is 9. The van der Waals surface area contributed by atoms with E-state index in [0.29, 0.717) is 25.9 Å². The molecule has 0 heterocycles. The van der Waals surface area contributed by atoms with Crippen LogP contribution in [0.5, 0.6) is 0 Å². The van der Waals surface area contributed by atoms with Crippen molar-refractivity contribution in [2.75, 3.05) is 11.9 Å². The van der Waals surface area contributed by atoms with Crippen LogP contribution in [-0.4, -0.2) is 30.4 Å². The van der Waals surface area contributed by atoms with Gasteiger partial charge in [0.05, 0.1) is 0 Å². The second-order valence-corrected chi connectivity index (χ2v) is 8.08. The first-order valence-corrected chi connectivity index (χ1v) is 10.8. The van der Waals surface area contributed by atoms with Gasteiger partial charge in [0.15, 0.2) is 0 Å². The van der Waals surface area contributed by atoms with Crippen molar-refractivity contribution < 1.29 is 14.4 Å². The minimum Gasteiger partial charge on any atom is -0.352 e. The molecule has 0 saturated heterocycles. The van der Waals surface area contributed by atoms with E-state index in [2.05, 4.69) is 21.3 Å². The average molecular weight is 401 g/mol. The number of hydrogen-bond donors (Lipinski definition) is 4. The highest BCUT2D eigenvalue weighted by atomic mass is 16.2. The minimum atomic E-state index is -0.137. The quantitative estimate of drug-likeness (QED) is 0.479. The lowest BCUT2D eigenvalue weighted by atomic mass is 9.96. The van der Waals surface area contributed by atoms with Crippen LogP contribution in [0.25, 0.3) is 0 Å². The van der Waals surface area contributed by atoms with Gasteiger partial charge in [-0.25, -0.2) is 4.79 Å². The molecule has 0 atom stereocenters. The van der Waals surface area contributed by atoms with Gasteiger partial charge in [0.2, 0.25) is 11.8 Å². The summed E-state index contributed by atoms with van der Waals surface area (Å²) < 4.78 is 0. The highest BCUT2D eigenvalue weighted by Gasteiger charge is 2.29. The van der Waals surface area contributed by atoms with Gasteiger partial charge < -0.3 is 21.3 Å². The highest BCUT2D eigenvalue weighted by molar-refractivity contribution is 5.94. The van der Waals surface area contributed by atoms with Gasteiger partial charge in [0.1, 0.15) is 0 Å². The molecule has 7 nitrogen and oxygen atoms in total. The highest BCUT2D eigenvalue weighted by Crippen LogP contribution is 2.30. The number of amides is 4. The van der Waals surface area contributed by atoms with Crippen LogP contribution in [0.1, 0.15) is 63.4 Å². The van der Waals surface area contributed by atoms with Crippen molar-refractivity contribution in [2.45, 2.75) is 70.4 Å². The second-order valence-electron chi connectivity index (χ2n) is 8.08. The lowest BCUT2D eigenvalue weighted by molar-refractivity contribution is -0.121. The van der Waals surface area contributed by atoms with Gasteiger partial charge in [-0.2, -0.15) is 0 Å². The summed E-state index contributed by atoms with van der Waals surface area (Å²) in [4.78, 5) is 35.7. The first-order chi connectivity index (χ1) is 14.1. The van der Waals surface area contributed by atoms with Gasteiger partial charge >= 0.3 is 6.03 Å². The molecule has 2 fully saturated rings. The maximum Gasteiger partial charge on any atom is 0.315 e. The summed E-state index contributed by atoms with van der Waals surface area (Å²) in [6.07, 6.45) is 8.64. The molecular weight excluding hydrogens is 368 g/mol. The summed E-state index contributed by atoms with van der Waals surface area (Å²) in [5.41, 5.74) is 1.71. The monoisotopic (exact) mass is 400 g/mol. The van der Waals surface area contributed by atoms with Gasteiger partial charge in [0.25, 0.3) is 0 Å². The lowest BCUT2D eigenvalue weighted by Crippen LogP contribution is -2.43. The first kappa shape index (κ1) is 21.1. The molecule has 4 N–H and O–H groups in total. The van der Waals surface area contributed by atoms with E-state index >= 15 is 0 Å². The molecule has 7 heteroatoms. The van der Waals surface area contributed by atoms with E-state index in [1.165, 1.54) is 19.3 Å². The van der Waals surface area contributed by atoms with Crippen LogP contribution < -0.4 is 21.3 Å². The van der Waals surface area contributed by atoms with Crippen molar-refractivity contribution in [3.8, 4) is 0 Å². The van der Waals surface area contributed by atoms with Crippen LogP contribution in [0.2, 0.25) is 0 Å². The third-order valence-electron chi connectivity index (χ3n) is 5.44. The van der Waals surface area contributed by atoms with Crippen molar-refractivity contribution >= 4 is 23.5 Å². The van der Waals surface area contributed by atoms with Crippen molar-refractivity contribution in [3.63, 3.8) is 0 Å². The lowest BCUT2D eigenvalue weighted by Gasteiger charge is -2.22. The van der Waals surface area contributed by atoms with E-state index in [9.17, 15) is 14.4 Å². The Bertz CT molecular complexity index is 712. The Hall–Kier alpha value is -2.57. The zero-order chi connectivity index (χ0) is 20.5. The van der Waals surface area contributed by atoms with E-state index in [1.807, 2.05) is 24.3 Å². The zero-order valence-electron chi connectivity index (χ0n) is 17.0. The molecule has 2 aliphatic rings. The zero-order valence-corrected chi connectivity index (χ0v) is 17.0. The Morgan fingerprint density at radius 1 is 0.966 bits per heavy atom. The molecule has 0 unspecified atom stereocenters. The summed E-state index contributed by atoms with van der Waals surface area (Å²) in [7, 11) is 0. The van der Waals surface area contributed by atoms with Gasteiger partial charge in [-0.05, 0) is 49.8 Å². The number of anilines is 1. The summed E-state index contributed by atoms with van der Waals surface area (Å²) in [6, 6.07) is 7.69. The van der Waals surface area contributed by atoms with Gasteiger partial charge in [0, 0.05) is 37.2 Å². The molecule has 0 spiro atoms. The summed E-state index contributed by atoms with van der Waals surface area (Å²) >= 11 is 0. The van der Waals surface area contributed by atoms with E-state index in [0.717, 1.165) is 36.9 Å². The molecule has 1 aromatic rings. The van der Waals surface area contributed by atoms with Gasteiger partial charge in [-0.15, -0.1) is 0 Å². The molecule has 1 aromatic carbocycles. The third-order valence-corrected chi connectivity index (χ3v) is 5.44. The molecule has 4 amide bonds. The van der Waals surface area contributed by atoms with Crippen molar-refractivity contribution in [3.05, 3.63) is 29.8 Å². The predicted octanol–water partition coefficient (Wildman–Crippen LogP) is 3.06. The van der Waals surface area contributed by atoms with Crippen LogP contribution in [0.15, 0.2) is 24.3 Å². The number of hydrogen-bond acceptors (Lipinski definition) is 3. The second kappa shape index (κ2) is 10.8. The molecule has 0 radical (unpaired) electrons. The Balaban J connectivity index is 1.27. The van der Waals surface area contributed by atoms with Crippen molar-refractivity contribution in [1.29, 1.82) is 0 Å². The average Bonchev–Trinajstić information content (AvgIpc) is 3.56. The number of carbonyl (C=O) groups excluding carboxylic acids is 3. The molecular formula is C22H32N4O3. The summed E-state index contributed by atoms with van der Waals surface area (Å²) in [6.45, 7) is 0.899. The van der Waals surface area contributed by atoms with Gasteiger partial charge in [-0.1, -0.05) is 31.4 Å². The Kier molecular flexibility index (Phi) is 7.90. The summed E-state index contributed by atoms with van der Waals surface area (Å²) in [5, 5.41) is 11.6. The normalized spacial score (nSPS) is 16.7.